The summed E-state index contributed by atoms with van der Waals surface area (Å²) in [4.78, 5) is 15.7. The highest BCUT2D eigenvalue weighted by Crippen LogP contribution is 2.09. The molecule has 1 amide bonds. The van der Waals surface area contributed by atoms with E-state index in [1.165, 1.54) is 0 Å². The average molecular weight is 291 g/mol. The molecule has 1 aromatic carbocycles. The molecule has 0 aliphatic heterocycles. The minimum atomic E-state index is -0.478. The molecular formula is C15H15ClN2O2. The number of benzene rings is 1. The molecule has 0 saturated heterocycles. The van der Waals surface area contributed by atoms with Crippen LogP contribution in [0.4, 0.5) is 4.79 Å². The zero-order valence-electron chi connectivity index (χ0n) is 11.1. The Morgan fingerprint density at radius 3 is 2.75 bits per heavy atom. The van der Waals surface area contributed by atoms with E-state index in [0.29, 0.717) is 10.8 Å². The van der Waals surface area contributed by atoms with Crippen LogP contribution >= 0.6 is 11.6 Å². The van der Waals surface area contributed by atoms with Crippen molar-refractivity contribution in [3.63, 3.8) is 0 Å². The molecule has 20 heavy (non-hydrogen) atoms. The van der Waals surface area contributed by atoms with Crippen molar-refractivity contribution in [2.24, 2.45) is 0 Å². The standard InChI is InChI=1S/C15H15ClN2O2/c1-11-7-13(18-14(16)8-11)9-17-15(19)20-10-12-5-3-2-4-6-12/h2-8H,9-10H2,1H3,(H,17,19). The summed E-state index contributed by atoms with van der Waals surface area (Å²) in [6, 6.07) is 13.1. The number of ether oxygens (including phenoxy) is 1. The van der Waals surface area contributed by atoms with Gasteiger partial charge < -0.3 is 10.1 Å². The van der Waals surface area contributed by atoms with Crippen LogP contribution in [0, 0.1) is 6.92 Å². The highest BCUT2D eigenvalue weighted by molar-refractivity contribution is 6.29. The van der Waals surface area contributed by atoms with Crippen LogP contribution in [0.2, 0.25) is 5.15 Å². The predicted octanol–water partition coefficient (Wildman–Crippen LogP) is 3.47. The van der Waals surface area contributed by atoms with Gasteiger partial charge in [0, 0.05) is 0 Å². The summed E-state index contributed by atoms with van der Waals surface area (Å²) >= 11 is 5.85. The Morgan fingerprint density at radius 1 is 1.30 bits per heavy atom. The van der Waals surface area contributed by atoms with Crippen LogP contribution in [0.1, 0.15) is 16.8 Å². The summed E-state index contributed by atoms with van der Waals surface area (Å²) in [7, 11) is 0. The average Bonchev–Trinajstić information content (AvgIpc) is 2.43. The SMILES string of the molecule is Cc1cc(Cl)nc(CNC(=O)OCc2ccccc2)c1. The normalized spacial score (nSPS) is 10.1. The molecule has 5 heteroatoms. The van der Waals surface area contributed by atoms with Crippen molar-refractivity contribution >= 4 is 17.7 Å². The van der Waals surface area contributed by atoms with Crippen LogP contribution in [-0.4, -0.2) is 11.1 Å². The topological polar surface area (TPSA) is 51.2 Å². The van der Waals surface area contributed by atoms with E-state index in [1.807, 2.05) is 43.3 Å². The Balaban J connectivity index is 1.80. The first kappa shape index (κ1) is 14.3. The molecule has 0 atom stereocenters. The first-order chi connectivity index (χ1) is 9.63. The van der Waals surface area contributed by atoms with Crippen LogP contribution in [0.3, 0.4) is 0 Å². The Morgan fingerprint density at radius 2 is 2.05 bits per heavy atom. The number of rotatable bonds is 4. The fraction of sp³-hybridized carbons (Fsp3) is 0.200. The van der Waals surface area contributed by atoms with E-state index in [9.17, 15) is 4.79 Å². The van der Waals surface area contributed by atoms with E-state index in [0.717, 1.165) is 11.1 Å². The second-order valence-electron chi connectivity index (χ2n) is 4.37. The van der Waals surface area contributed by atoms with Gasteiger partial charge in [0.1, 0.15) is 11.8 Å². The zero-order chi connectivity index (χ0) is 14.4. The number of alkyl carbamates (subject to hydrolysis) is 1. The lowest BCUT2D eigenvalue weighted by atomic mass is 10.2. The van der Waals surface area contributed by atoms with Gasteiger partial charge in [-0.3, -0.25) is 0 Å². The zero-order valence-corrected chi connectivity index (χ0v) is 11.9. The molecule has 0 radical (unpaired) electrons. The van der Waals surface area contributed by atoms with Crippen molar-refractivity contribution in [3.8, 4) is 0 Å². The third-order valence-corrected chi connectivity index (χ3v) is 2.81. The third-order valence-electron chi connectivity index (χ3n) is 2.62. The number of nitrogens with zero attached hydrogens (tertiary/aromatic N) is 1. The van der Waals surface area contributed by atoms with Crippen LogP contribution in [0.25, 0.3) is 0 Å². The molecule has 4 nitrogen and oxygen atoms in total. The number of hydrogen-bond acceptors (Lipinski definition) is 3. The quantitative estimate of drug-likeness (QED) is 0.877. The highest BCUT2D eigenvalue weighted by Gasteiger charge is 2.04. The molecule has 0 saturated carbocycles. The molecule has 0 fully saturated rings. The van der Waals surface area contributed by atoms with Gasteiger partial charge >= 0.3 is 6.09 Å². The lowest BCUT2D eigenvalue weighted by Crippen LogP contribution is -2.24. The Hall–Kier alpha value is -2.07. The maximum absolute atomic E-state index is 11.6. The molecule has 0 aliphatic carbocycles. The molecule has 0 bridgehead atoms. The minimum Gasteiger partial charge on any atom is -0.445 e. The second-order valence-corrected chi connectivity index (χ2v) is 4.76. The van der Waals surface area contributed by atoms with Gasteiger partial charge in [0.15, 0.2) is 0 Å². The fourth-order valence-electron chi connectivity index (χ4n) is 1.72. The van der Waals surface area contributed by atoms with Crippen LogP contribution < -0.4 is 5.32 Å². The van der Waals surface area contributed by atoms with Gasteiger partial charge in [-0.15, -0.1) is 0 Å². The van der Waals surface area contributed by atoms with Gasteiger partial charge in [0.05, 0.1) is 12.2 Å². The second kappa shape index (κ2) is 6.91. The summed E-state index contributed by atoms with van der Waals surface area (Å²) in [5, 5.41) is 3.06. The van der Waals surface area contributed by atoms with Crippen molar-refractivity contribution in [3.05, 3.63) is 64.4 Å². The molecule has 2 rings (SSSR count). The smallest absolute Gasteiger partial charge is 0.407 e. The number of carbonyl (C=O) groups is 1. The van der Waals surface area contributed by atoms with Crippen molar-refractivity contribution in [2.45, 2.75) is 20.1 Å². The highest BCUT2D eigenvalue weighted by atomic mass is 35.5. The van der Waals surface area contributed by atoms with Crippen molar-refractivity contribution in [1.29, 1.82) is 0 Å². The van der Waals surface area contributed by atoms with Crippen LogP contribution in [0.5, 0.6) is 0 Å². The number of amides is 1. The largest absolute Gasteiger partial charge is 0.445 e. The number of hydrogen-bond donors (Lipinski definition) is 1. The van der Waals surface area contributed by atoms with Gasteiger partial charge in [-0.1, -0.05) is 41.9 Å². The molecular weight excluding hydrogens is 276 g/mol. The Labute approximate surface area is 122 Å². The summed E-state index contributed by atoms with van der Waals surface area (Å²) in [6.07, 6.45) is -0.478. The molecule has 104 valence electrons. The number of aromatic nitrogens is 1. The van der Waals surface area contributed by atoms with E-state index in [4.69, 9.17) is 16.3 Å². The van der Waals surface area contributed by atoms with Crippen molar-refractivity contribution < 1.29 is 9.53 Å². The van der Waals surface area contributed by atoms with E-state index in [-0.39, 0.29) is 13.2 Å². The van der Waals surface area contributed by atoms with E-state index >= 15 is 0 Å². The summed E-state index contributed by atoms with van der Waals surface area (Å²) in [6.45, 7) is 2.45. The number of halogens is 1. The first-order valence-electron chi connectivity index (χ1n) is 6.21. The number of nitrogens with one attached hydrogen (secondary N) is 1. The molecule has 0 aliphatic rings. The summed E-state index contributed by atoms with van der Waals surface area (Å²) in [5.41, 5.74) is 2.64. The minimum absolute atomic E-state index is 0.245. The Kier molecular flexibility index (Phi) is 4.96. The van der Waals surface area contributed by atoms with Gasteiger partial charge in [0.2, 0.25) is 0 Å². The van der Waals surface area contributed by atoms with E-state index in [2.05, 4.69) is 10.3 Å². The molecule has 0 spiro atoms. The number of pyridine rings is 1. The number of aryl methyl sites for hydroxylation is 1. The number of carbonyl (C=O) groups excluding carboxylic acids is 1. The first-order valence-corrected chi connectivity index (χ1v) is 6.59. The third kappa shape index (κ3) is 4.55. The van der Waals surface area contributed by atoms with Gasteiger partial charge in [-0.25, -0.2) is 9.78 Å². The molecule has 2 aromatic rings. The predicted molar refractivity (Wildman–Crippen MR) is 77.5 cm³/mol. The summed E-state index contributed by atoms with van der Waals surface area (Å²) in [5.74, 6) is 0. The van der Waals surface area contributed by atoms with E-state index < -0.39 is 6.09 Å². The molecule has 1 aromatic heterocycles. The molecule has 1 heterocycles. The monoisotopic (exact) mass is 290 g/mol. The maximum Gasteiger partial charge on any atom is 0.407 e. The Bertz CT molecular complexity index is 567. The van der Waals surface area contributed by atoms with Crippen LogP contribution in [-0.2, 0) is 17.9 Å². The van der Waals surface area contributed by atoms with Crippen molar-refractivity contribution in [1.82, 2.24) is 10.3 Å². The lowest BCUT2D eigenvalue weighted by molar-refractivity contribution is 0.139. The van der Waals surface area contributed by atoms with E-state index in [1.54, 1.807) is 6.07 Å². The lowest BCUT2D eigenvalue weighted by Gasteiger charge is -2.07. The van der Waals surface area contributed by atoms with Gasteiger partial charge in [0.25, 0.3) is 0 Å². The van der Waals surface area contributed by atoms with Crippen molar-refractivity contribution in [2.75, 3.05) is 0 Å². The van der Waals surface area contributed by atoms with Gasteiger partial charge in [-0.05, 0) is 30.2 Å². The summed E-state index contributed by atoms with van der Waals surface area (Å²) < 4.78 is 5.10. The van der Waals surface area contributed by atoms with Crippen LogP contribution in [0.15, 0.2) is 42.5 Å². The fourth-order valence-corrected chi connectivity index (χ4v) is 2.00. The molecule has 1 N–H and O–H groups in total. The maximum atomic E-state index is 11.6. The van der Waals surface area contributed by atoms with Gasteiger partial charge in [-0.2, -0.15) is 0 Å². The molecule has 0 unspecified atom stereocenters.